The van der Waals surface area contributed by atoms with Crippen LogP contribution in [-0.4, -0.2) is 25.7 Å². The lowest BCUT2D eigenvalue weighted by Crippen LogP contribution is -2.11. The van der Waals surface area contributed by atoms with Crippen molar-refractivity contribution in [3.63, 3.8) is 0 Å². The number of hydrogen-bond donors (Lipinski definition) is 1. The van der Waals surface area contributed by atoms with Gasteiger partial charge in [-0.15, -0.1) is 10.2 Å². The Morgan fingerprint density at radius 1 is 1.21 bits per heavy atom. The predicted molar refractivity (Wildman–Crippen MR) is 111 cm³/mol. The first-order valence-corrected chi connectivity index (χ1v) is 10.3. The quantitative estimate of drug-likeness (QED) is 0.506. The van der Waals surface area contributed by atoms with Crippen LogP contribution < -0.4 is 10.1 Å². The molecule has 1 saturated carbocycles. The molecule has 1 N–H and O–H groups in total. The molecule has 1 fully saturated rings. The molecule has 1 unspecified atom stereocenters. The van der Waals surface area contributed by atoms with E-state index in [0.717, 1.165) is 16.8 Å². The number of rotatable bonds is 6. The van der Waals surface area contributed by atoms with Crippen LogP contribution in [0.25, 0.3) is 11.0 Å². The molecule has 1 aliphatic rings. The van der Waals surface area contributed by atoms with Gasteiger partial charge in [0.1, 0.15) is 11.9 Å². The van der Waals surface area contributed by atoms with Crippen molar-refractivity contribution in [3.05, 3.63) is 65.4 Å². The molecule has 29 heavy (non-hydrogen) atoms. The fourth-order valence-electron chi connectivity index (χ4n) is 3.19. The third-order valence-corrected chi connectivity index (χ3v) is 5.84. The molecule has 0 aliphatic heterocycles. The van der Waals surface area contributed by atoms with Gasteiger partial charge in [-0.2, -0.15) is 0 Å². The molecule has 2 heterocycles. The second-order valence-electron chi connectivity index (χ2n) is 7.06. The number of anilines is 1. The summed E-state index contributed by atoms with van der Waals surface area (Å²) in [6.45, 7) is 1.91. The van der Waals surface area contributed by atoms with Crippen LogP contribution in [0.3, 0.4) is 0 Å². The monoisotopic (exact) mass is 405 g/mol. The lowest BCUT2D eigenvalue weighted by atomic mass is 10.2. The number of nitrogens with zero attached hydrogens (tertiary/aromatic N) is 4. The number of fused-ring (bicyclic) bond motifs is 1. The molecular formula is C21H19N5O2S. The van der Waals surface area contributed by atoms with E-state index in [9.17, 15) is 4.79 Å². The Morgan fingerprint density at radius 2 is 2.03 bits per heavy atom. The number of carbonyl (C=O) groups excluding carboxylic acids is 1. The molecule has 1 atom stereocenters. The standard InChI is InChI=1S/C21H19N5O2S/c1-13(28-16-5-3-2-4-6-16)20-24-25-21(29-20)23-19(27)14-7-10-18-17(11-14)22-12-26(18)15-8-9-15/h2-7,10-13,15H,8-9H2,1H3,(H,23,25,27). The second kappa shape index (κ2) is 7.29. The van der Waals surface area contributed by atoms with Gasteiger partial charge in [-0.3, -0.25) is 10.1 Å². The minimum absolute atomic E-state index is 0.229. The number of hydrogen-bond acceptors (Lipinski definition) is 6. The molecule has 7 nitrogen and oxygen atoms in total. The Labute approximate surface area is 171 Å². The van der Waals surface area contributed by atoms with Crippen molar-refractivity contribution in [2.45, 2.75) is 31.9 Å². The van der Waals surface area contributed by atoms with Crippen molar-refractivity contribution in [2.75, 3.05) is 5.32 Å². The molecule has 1 amide bonds. The van der Waals surface area contributed by atoms with Crippen molar-refractivity contribution in [3.8, 4) is 5.75 Å². The molecule has 4 aromatic rings. The highest BCUT2D eigenvalue weighted by Gasteiger charge is 2.25. The van der Waals surface area contributed by atoms with E-state index >= 15 is 0 Å². The molecule has 0 spiro atoms. The first-order chi connectivity index (χ1) is 14.2. The molecule has 146 valence electrons. The maximum Gasteiger partial charge on any atom is 0.257 e. The number of imidazole rings is 1. The normalized spacial score (nSPS) is 14.7. The van der Waals surface area contributed by atoms with Crippen LogP contribution in [-0.2, 0) is 0 Å². The SMILES string of the molecule is CC(Oc1ccccc1)c1nnc(NC(=O)c2ccc3c(c2)ncn3C2CC2)s1. The van der Waals surface area contributed by atoms with Crippen LogP contribution >= 0.6 is 11.3 Å². The van der Waals surface area contributed by atoms with E-state index in [1.807, 2.05) is 61.8 Å². The zero-order valence-corrected chi connectivity index (χ0v) is 16.6. The number of amides is 1. The lowest BCUT2D eigenvalue weighted by molar-refractivity contribution is 0.102. The summed E-state index contributed by atoms with van der Waals surface area (Å²) in [4.78, 5) is 17.1. The summed E-state index contributed by atoms with van der Waals surface area (Å²) < 4.78 is 8.05. The Balaban J connectivity index is 1.28. The lowest BCUT2D eigenvalue weighted by Gasteiger charge is -2.10. The van der Waals surface area contributed by atoms with Gasteiger partial charge in [-0.25, -0.2) is 4.98 Å². The van der Waals surface area contributed by atoms with E-state index in [-0.39, 0.29) is 12.0 Å². The fraction of sp³-hybridized carbons (Fsp3) is 0.238. The highest BCUT2D eigenvalue weighted by Crippen LogP contribution is 2.37. The van der Waals surface area contributed by atoms with Crippen LogP contribution in [0, 0.1) is 0 Å². The zero-order valence-electron chi connectivity index (χ0n) is 15.8. The Kier molecular flexibility index (Phi) is 4.48. The molecule has 2 aromatic carbocycles. The summed E-state index contributed by atoms with van der Waals surface area (Å²) in [6.07, 6.45) is 3.98. The Hall–Kier alpha value is -3.26. The van der Waals surface area contributed by atoms with Gasteiger partial charge in [-0.05, 0) is 50.1 Å². The molecule has 0 saturated heterocycles. The van der Waals surface area contributed by atoms with Crippen LogP contribution in [0.5, 0.6) is 5.75 Å². The summed E-state index contributed by atoms with van der Waals surface area (Å²) in [5, 5.41) is 12.2. The zero-order chi connectivity index (χ0) is 19.8. The summed E-state index contributed by atoms with van der Waals surface area (Å²) >= 11 is 1.30. The highest BCUT2D eigenvalue weighted by atomic mass is 32.1. The van der Waals surface area contributed by atoms with Crippen LogP contribution in [0.4, 0.5) is 5.13 Å². The number of nitrogens with one attached hydrogen (secondary N) is 1. The van der Waals surface area contributed by atoms with E-state index in [1.54, 1.807) is 0 Å². The first kappa shape index (κ1) is 17.8. The van der Waals surface area contributed by atoms with Crippen molar-refractivity contribution in [2.24, 2.45) is 0 Å². The van der Waals surface area contributed by atoms with E-state index < -0.39 is 0 Å². The molecule has 0 bridgehead atoms. The minimum Gasteiger partial charge on any atom is -0.483 e. The average Bonchev–Trinajstić information content (AvgIpc) is 3.32. The van der Waals surface area contributed by atoms with E-state index in [4.69, 9.17) is 4.74 Å². The smallest absolute Gasteiger partial charge is 0.257 e. The Morgan fingerprint density at radius 3 is 2.83 bits per heavy atom. The first-order valence-electron chi connectivity index (χ1n) is 9.50. The van der Waals surface area contributed by atoms with E-state index in [2.05, 4.69) is 25.1 Å². The highest BCUT2D eigenvalue weighted by molar-refractivity contribution is 7.15. The van der Waals surface area contributed by atoms with E-state index in [0.29, 0.717) is 21.7 Å². The number of carbonyl (C=O) groups is 1. The molecule has 2 aromatic heterocycles. The largest absolute Gasteiger partial charge is 0.483 e. The topological polar surface area (TPSA) is 81.9 Å². The van der Waals surface area contributed by atoms with Crippen LogP contribution in [0.1, 0.15) is 47.3 Å². The predicted octanol–water partition coefficient (Wildman–Crippen LogP) is 4.62. The minimum atomic E-state index is -0.261. The molecule has 1 aliphatic carbocycles. The molecule has 0 radical (unpaired) electrons. The average molecular weight is 405 g/mol. The second-order valence-corrected chi connectivity index (χ2v) is 8.07. The van der Waals surface area contributed by atoms with E-state index in [1.165, 1.54) is 24.2 Å². The molecule has 5 rings (SSSR count). The van der Waals surface area contributed by atoms with Gasteiger partial charge in [0.2, 0.25) is 5.13 Å². The van der Waals surface area contributed by atoms with Gasteiger partial charge in [0.05, 0.1) is 17.4 Å². The molecule has 8 heteroatoms. The summed E-state index contributed by atoms with van der Waals surface area (Å²) in [5.74, 6) is 0.534. The number of benzene rings is 2. The third-order valence-electron chi connectivity index (χ3n) is 4.84. The number of aromatic nitrogens is 4. The van der Waals surface area contributed by atoms with Crippen molar-refractivity contribution in [1.82, 2.24) is 19.7 Å². The van der Waals surface area contributed by atoms with Crippen LogP contribution in [0.2, 0.25) is 0 Å². The summed E-state index contributed by atoms with van der Waals surface area (Å²) in [6, 6.07) is 15.7. The van der Waals surface area contributed by atoms with Crippen molar-refractivity contribution >= 4 is 33.4 Å². The van der Waals surface area contributed by atoms with Gasteiger partial charge >= 0.3 is 0 Å². The Bertz CT molecular complexity index is 1170. The van der Waals surface area contributed by atoms with Gasteiger partial charge < -0.3 is 9.30 Å². The van der Waals surface area contributed by atoms with Gasteiger partial charge in [0.25, 0.3) is 5.91 Å². The molecular weight excluding hydrogens is 386 g/mol. The maximum atomic E-state index is 12.6. The van der Waals surface area contributed by atoms with Gasteiger partial charge in [-0.1, -0.05) is 29.5 Å². The third kappa shape index (κ3) is 3.71. The fourth-order valence-corrected chi connectivity index (χ4v) is 3.91. The maximum absolute atomic E-state index is 12.6. The number of ether oxygens (including phenoxy) is 1. The summed E-state index contributed by atoms with van der Waals surface area (Å²) in [7, 11) is 0. The number of para-hydroxylation sites is 1. The summed E-state index contributed by atoms with van der Waals surface area (Å²) in [5.41, 5.74) is 2.44. The van der Waals surface area contributed by atoms with Crippen LogP contribution in [0.15, 0.2) is 54.9 Å². The van der Waals surface area contributed by atoms with Crippen molar-refractivity contribution < 1.29 is 9.53 Å². The van der Waals surface area contributed by atoms with Gasteiger partial charge in [0.15, 0.2) is 5.01 Å². The van der Waals surface area contributed by atoms with Gasteiger partial charge in [0, 0.05) is 11.6 Å². The van der Waals surface area contributed by atoms with Crippen molar-refractivity contribution in [1.29, 1.82) is 0 Å².